The lowest BCUT2D eigenvalue weighted by Crippen LogP contribution is -2.40. The summed E-state index contributed by atoms with van der Waals surface area (Å²) in [6.45, 7) is 4.33. The predicted octanol–water partition coefficient (Wildman–Crippen LogP) is 0.474. The maximum absolute atomic E-state index is 11.8. The molecule has 1 unspecified atom stereocenters. The van der Waals surface area contributed by atoms with E-state index in [1.807, 2.05) is 6.92 Å². The number of hydrogen-bond donors (Lipinski definition) is 1. The molecule has 0 radical (unpaired) electrons. The van der Waals surface area contributed by atoms with E-state index in [2.05, 4.69) is 0 Å². The highest BCUT2D eigenvalue weighted by atomic mass is 16.3. The number of carbonyl (C=O) groups is 2. The van der Waals surface area contributed by atoms with E-state index in [9.17, 15) is 9.59 Å². The van der Waals surface area contributed by atoms with Gasteiger partial charge in [0.15, 0.2) is 0 Å². The summed E-state index contributed by atoms with van der Waals surface area (Å²) in [7, 11) is 3.35. The number of nitrogens with zero attached hydrogens (tertiary/aromatic N) is 2. The number of likely N-dealkylation sites (N-methyl/N-ethyl adjacent to an activating group) is 1. The Bertz CT molecular complexity index is 252. The quantitative estimate of drug-likeness (QED) is 0.708. The van der Waals surface area contributed by atoms with Gasteiger partial charge in [0.25, 0.3) is 0 Å². The first-order valence-electron chi connectivity index (χ1n) is 6.04. The van der Waals surface area contributed by atoms with E-state index in [1.54, 1.807) is 25.9 Å². The van der Waals surface area contributed by atoms with Crippen LogP contribution in [0.25, 0.3) is 0 Å². The second-order valence-electron chi connectivity index (χ2n) is 4.49. The summed E-state index contributed by atoms with van der Waals surface area (Å²) in [6, 6.07) is 0. The number of carbonyl (C=O) groups excluding carboxylic acids is 2. The van der Waals surface area contributed by atoms with Crippen molar-refractivity contribution in [2.45, 2.75) is 39.2 Å². The molecule has 5 nitrogen and oxygen atoms in total. The van der Waals surface area contributed by atoms with Gasteiger partial charge in [0.2, 0.25) is 11.8 Å². The van der Waals surface area contributed by atoms with Crippen LogP contribution in [0.1, 0.15) is 33.1 Å². The third-order valence-electron chi connectivity index (χ3n) is 2.45. The van der Waals surface area contributed by atoms with Crippen LogP contribution < -0.4 is 0 Å². The monoisotopic (exact) mass is 244 g/mol. The second-order valence-corrected chi connectivity index (χ2v) is 4.49. The standard InChI is InChI=1S/C12H24N2O3/c1-5-8-14(9-12(17)13(3)4)11(16)7-6-10(2)15/h10,15H,5-9H2,1-4H3. The van der Waals surface area contributed by atoms with Gasteiger partial charge < -0.3 is 14.9 Å². The van der Waals surface area contributed by atoms with Crippen LogP contribution in [0.15, 0.2) is 0 Å². The van der Waals surface area contributed by atoms with E-state index in [0.717, 1.165) is 6.42 Å². The smallest absolute Gasteiger partial charge is 0.241 e. The molecule has 1 N–H and O–H groups in total. The van der Waals surface area contributed by atoms with Crippen LogP contribution in [-0.4, -0.2) is 60.0 Å². The van der Waals surface area contributed by atoms with Crippen LogP contribution in [0, 0.1) is 0 Å². The third-order valence-corrected chi connectivity index (χ3v) is 2.45. The fourth-order valence-corrected chi connectivity index (χ4v) is 1.36. The van der Waals surface area contributed by atoms with Crippen molar-refractivity contribution in [3.63, 3.8) is 0 Å². The highest BCUT2D eigenvalue weighted by molar-refractivity contribution is 5.84. The van der Waals surface area contributed by atoms with Crippen LogP contribution >= 0.6 is 0 Å². The van der Waals surface area contributed by atoms with Gasteiger partial charge in [0.1, 0.15) is 0 Å². The first-order valence-corrected chi connectivity index (χ1v) is 6.04. The summed E-state index contributed by atoms with van der Waals surface area (Å²) in [4.78, 5) is 26.4. The summed E-state index contributed by atoms with van der Waals surface area (Å²) in [5.41, 5.74) is 0. The molecule has 0 saturated carbocycles. The number of aliphatic hydroxyl groups is 1. The fraction of sp³-hybridized carbons (Fsp3) is 0.833. The van der Waals surface area contributed by atoms with Gasteiger partial charge in [-0.15, -0.1) is 0 Å². The molecule has 0 aliphatic carbocycles. The molecule has 0 aromatic heterocycles. The Morgan fingerprint density at radius 3 is 2.24 bits per heavy atom. The van der Waals surface area contributed by atoms with Gasteiger partial charge in [-0.1, -0.05) is 6.92 Å². The summed E-state index contributed by atoms with van der Waals surface area (Å²) in [6.07, 6.45) is 1.07. The first kappa shape index (κ1) is 15.9. The molecule has 100 valence electrons. The predicted molar refractivity (Wildman–Crippen MR) is 66.5 cm³/mol. The van der Waals surface area contributed by atoms with Crippen LogP contribution in [0.5, 0.6) is 0 Å². The first-order chi connectivity index (χ1) is 7.88. The fourth-order valence-electron chi connectivity index (χ4n) is 1.36. The van der Waals surface area contributed by atoms with Crippen molar-refractivity contribution in [3.05, 3.63) is 0 Å². The van der Waals surface area contributed by atoms with E-state index in [1.165, 1.54) is 4.90 Å². The van der Waals surface area contributed by atoms with Crippen LogP contribution in [0.3, 0.4) is 0 Å². The zero-order valence-corrected chi connectivity index (χ0v) is 11.3. The average molecular weight is 244 g/mol. The van der Waals surface area contributed by atoms with Gasteiger partial charge in [-0.25, -0.2) is 0 Å². The summed E-state index contributed by atoms with van der Waals surface area (Å²) in [5, 5.41) is 9.14. The molecule has 0 spiro atoms. The molecular formula is C12H24N2O3. The van der Waals surface area contributed by atoms with E-state index >= 15 is 0 Å². The summed E-state index contributed by atoms with van der Waals surface area (Å²) >= 11 is 0. The van der Waals surface area contributed by atoms with Gasteiger partial charge >= 0.3 is 0 Å². The second kappa shape index (κ2) is 8.06. The number of amides is 2. The zero-order valence-electron chi connectivity index (χ0n) is 11.3. The number of rotatable bonds is 7. The Morgan fingerprint density at radius 1 is 1.24 bits per heavy atom. The van der Waals surface area contributed by atoms with E-state index in [0.29, 0.717) is 19.4 Å². The Labute approximate surface area is 103 Å². The topological polar surface area (TPSA) is 60.9 Å². The van der Waals surface area contributed by atoms with E-state index < -0.39 is 6.10 Å². The lowest BCUT2D eigenvalue weighted by molar-refractivity contribution is -0.139. The summed E-state index contributed by atoms with van der Waals surface area (Å²) < 4.78 is 0. The third kappa shape index (κ3) is 6.94. The van der Waals surface area contributed by atoms with Gasteiger partial charge in [-0.2, -0.15) is 0 Å². The van der Waals surface area contributed by atoms with Crippen molar-refractivity contribution in [1.82, 2.24) is 9.80 Å². The van der Waals surface area contributed by atoms with Crippen molar-refractivity contribution in [1.29, 1.82) is 0 Å². The SMILES string of the molecule is CCCN(CC(=O)N(C)C)C(=O)CCC(C)O. The Hall–Kier alpha value is -1.10. The van der Waals surface area contributed by atoms with Gasteiger partial charge in [0.05, 0.1) is 12.6 Å². The molecule has 0 aromatic carbocycles. The minimum absolute atomic E-state index is 0.0667. The average Bonchev–Trinajstić information content (AvgIpc) is 2.24. The molecule has 0 aliphatic rings. The van der Waals surface area contributed by atoms with Crippen LogP contribution in [0.2, 0.25) is 0 Å². The van der Waals surface area contributed by atoms with Crippen molar-refractivity contribution in [2.24, 2.45) is 0 Å². The van der Waals surface area contributed by atoms with Gasteiger partial charge in [-0.3, -0.25) is 9.59 Å². The normalized spacial score (nSPS) is 12.1. The lowest BCUT2D eigenvalue weighted by atomic mass is 10.2. The van der Waals surface area contributed by atoms with Crippen LogP contribution in [-0.2, 0) is 9.59 Å². The molecule has 0 bridgehead atoms. The summed E-state index contributed by atoms with van der Waals surface area (Å²) in [5.74, 6) is -0.146. The highest BCUT2D eigenvalue weighted by Crippen LogP contribution is 2.03. The van der Waals surface area contributed by atoms with Crippen molar-refractivity contribution >= 4 is 11.8 Å². The largest absolute Gasteiger partial charge is 0.393 e. The molecule has 0 heterocycles. The van der Waals surface area contributed by atoms with Gasteiger partial charge in [0, 0.05) is 27.1 Å². The van der Waals surface area contributed by atoms with Crippen molar-refractivity contribution in [3.8, 4) is 0 Å². The molecule has 2 amide bonds. The molecule has 0 aliphatic heterocycles. The molecular weight excluding hydrogens is 220 g/mol. The Kier molecular flexibility index (Phi) is 7.54. The zero-order chi connectivity index (χ0) is 13.4. The number of hydrogen-bond acceptors (Lipinski definition) is 3. The molecule has 5 heteroatoms. The highest BCUT2D eigenvalue weighted by Gasteiger charge is 2.17. The van der Waals surface area contributed by atoms with Crippen molar-refractivity contribution < 1.29 is 14.7 Å². The van der Waals surface area contributed by atoms with Crippen LogP contribution in [0.4, 0.5) is 0 Å². The molecule has 0 rings (SSSR count). The minimum Gasteiger partial charge on any atom is -0.393 e. The maximum Gasteiger partial charge on any atom is 0.241 e. The molecule has 1 atom stereocenters. The Balaban J connectivity index is 4.30. The van der Waals surface area contributed by atoms with Crippen molar-refractivity contribution in [2.75, 3.05) is 27.2 Å². The number of aliphatic hydroxyl groups excluding tert-OH is 1. The van der Waals surface area contributed by atoms with Gasteiger partial charge in [-0.05, 0) is 19.8 Å². The van der Waals surface area contributed by atoms with E-state index in [-0.39, 0.29) is 18.4 Å². The van der Waals surface area contributed by atoms with E-state index in [4.69, 9.17) is 5.11 Å². The molecule has 0 saturated heterocycles. The lowest BCUT2D eigenvalue weighted by Gasteiger charge is -2.23. The maximum atomic E-state index is 11.8. The molecule has 17 heavy (non-hydrogen) atoms. The molecule has 0 fully saturated rings. The Morgan fingerprint density at radius 2 is 1.82 bits per heavy atom. The molecule has 0 aromatic rings. The minimum atomic E-state index is -0.480.